The number of rotatable bonds is 21. The maximum absolute atomic E-state index is 14.2. The predicted octanol–water partition coefficient (Wildman–Crippen LogP) is 4.35. The van der Waals surface area contributed by atoms with Gasteiger partial charge in [0.05, 0.1) is 54.8 Å². The second-order valence-corrected chi connectivity index (χ2v) is 15.6. The van der Waals surface area contributed by atoms with Crippen LogP contribution in [0.2, 0.25) is 0 Å². The van der Waals surface area contributed by atoms with Gasteiger partial charge in [-0.1, -0.05) is 85.2 Å². The quantitative estimate of drug-likeness (QED) is 0.172. The van der Waals surface area contributed by atoms with Crippen LogP contribution < -0.4 is 10.6 Å². The molecule has 51 heavy (non-hydrogen) atoms. The maximum Gasteiger partial charge on any atom is 0.240 e. The van der Waals surface area contributed by atoms with E-state index in [-0.39, 0.29) is 60.1 Å². The van der Waals surface area contributed by atoms with Crippen molar-refractivity contribution in [3.8, 4) is 0 Å². The van der Waals surface area contributed by atoms with Gasteiger partial charge in [0, 0.05) is 40.4 Å². The van der Waals surface area contributed by atoms with Crippen molar-refractivity contribution in [1.82, 2.24) is 25.3 Å². The number of nitrogens with zero attached hydrogens (tertiary/aromatic N) is 3. The molecule has 11 heteroatoms. The second kappa shape index (κ2) is 21.2. The van der Waals surface area contributed by atoms with Gasteiger partial charge in [-0.2, -0.15) is 0 Å². The molecule has 0 spiro atoms. The fraction of sp³-hybridized carbons (Fsp3) is 0.775. The molecule has 1 fully saturated rings. The van der Waals surface area contributed by atoms with Crippen molar-refractivity contribution < 1.29 is 29.0 Å². The van der Waals surface area contributed by atoms with Gasteiger partial charge < -0.3 is 39.9 Å². The summed E-state index contributed by atoms with van der Waals surface area (Å²) < 4.78 is 12.0. The summed E-state index contributed by atoms with van der Waals surface area (Å²) in [6.45, 7) is 17.5. The van der Waals surface area contributed by atoms with Crippen molar-refractivity contribution in [1.29, 1.82) is 0 Å². The Labute approximate surface area is 309 Å². The van der Waals surface area contributed by atoms with Crippen LogP contribution in [0.5, 0.6) is 0 Å². The molecule has 1 aromatic carbocycles. The molecule has 0 saturated carbocycles. The molecule has 1 aromatic rings. The summed E-state index contributed by atoms with van der Waals surface area (Å²) in [6, 6.07) is 8.01. The number of aliphatic hydroxyl groups is 1. The number of amides is 3. The van der Waals surface area contributed by atoms with Crippen molar-refractivity contribution >= 4 is 17.7 Å². The van der Waals surface area contributed by atoms with Crippen LogP contribution in [0.1, 0.15) is 92.7 Å². The number of likely N-dealkylation sites (tertiary alicyclic amines) is 1. The first kappa shape index (κ1) is 44.6. The summed E-state index contributed by atoms with van der Waals surface area (Å²) in [7, 11) is 9.17. The Kier molecular flexibility index (Phi) is 18.5. The molecule has 1 heterocycles. The molecule has 3 N–H and O–H groups in total. The topological polar surface area (TPSA) is 124 Å². The van der Waals surface area contributed by atoms with Gasteiger partial charge in [-0.3, -0.25) is 14.4 Å². The van der Waals surface area contributed by atoms with Crippen LogP contribution in [0.15, 0.2) is 30.3 Å². The van der Waals surface area contributed by atoms with E-state index < -0.39 is 30.3 Å². The van der Waals surface area contributed by atoms with E-state index >= 15 is 0 Å². The third-order valence-electron chi connectivity index (χ3n) is 11.2. The lowest BCUT2D eigenvalue weighted by atomic mass is 9.89. The standard InChI is InChI=1S/C40H71N5O6/c1-14-27(6)36(44(11)40(49)35(26(4)5)41-24-32(25(2)3)43(9)10)33(50-12)23-34(46)45-22-18-21-31(45)38(51-13)28(7)39(48)42-29(8)37(47)30-19-16-15-17-20-30/h15-17,19-20,25-29,31-33,35-38,41,47H,14,18,21-24H2,1-13H3,(H,42,48)/t27-,28+,29+,31-,32+,33+,35-,36-,37+,38+/m0/s1. The van der Waals surface area contributed by atoms with Crippen molar-refractivity contribution in [2.24, 2.45) is 23.7 Å². The molecule has 292 valence electrons. The van der Waals surface area contributed by atoms with Crippen LogP contribution in [0, 0.1) is 23.7 Å². The number of hydrogen-bond acceptors (Lipinski definition) is 8. The highest BCUT2D eigenvalue weighted by molar-refractivity contribution is 5.83. The number of benzene rings is 1. The van der Waals surface area contributed by atoms with Gasteiger partial charge in [0.1, 0.15) is 0 Å². The number of carbonyl (C=O) groups is 3. The van der Waals surface area contributed by atoms with Gasteiger partial charge in [-0.05, 0) is 57.2 Å². The zero-order chi connectivity index (χ0) is 38.6. The predicted molar refractivity (Wildman–Crippen MR) is 204 cm³/mol. The first-order chi connectivity index (χ1) is 24.0. The van der Waals surface area contributed by atoms with Crippen molar-refractivity contribution in [3.05, 3.63) is 35.9 Å². The van der Waals surface area contributed by atoms with Crippen molar-refractivity contribution in [2.75, 3.05) is 48.5 Å². The largest absolute Gasteiger partial charge is 0.386 e. The molecular weight excluding hydrogens is 646 g/mol. The van der Waals surface area contributed by atoms with E-state index in [1.165, 1.54) is 0 Å². The summed E-state index contributed by atoms with van der Waals surface area (Å²) in [5.74, 6) is -0.333. The third kappa shape index (κ3) is 12.0. The molecule has 11 nitrogen and oxygen atoms in total. The lowest BCUT2D eigenvalue weighted by Gasteiger charge is -2.41. The Morgan fingerprint density at radius 3 is 2.10 bits per heavy atom. The van der Waals surface area contributed by atoms with Gasteiger partial charge in [0.25, 0.3) is 0 Å². The third-order valence-corrected chi connectivity index (χ3v) is 11.2. The fourth-order valence-electron chi connectivity index (χ4n) is 7.77. The van der Waals surface area contributed by atoms with Crippen LogP contribution in [-0.4, -0.2) is 128 Å². The Bertz CT molecular complexity index is 1190. The highest BCUT2D eigenvalue weighted by atomic mass is 16.5. The minimum atomic E-state index is -0.857. The Morgan fingerprint density at radius 2 is 1.59 bits per heavy atom. The molecule has 1 aliphatic rings. The second-order valence-electron chi connectivity index (χ2n) is 15.6. The van der Waals surface area contributed by atoms with Crippen LogP contribution in [-0.2, 0) is 23.9 Å². The summed E-state index contributed by atoms with van der Waals surface area (Å²) in [5, 5.41) is 17.4. The summed E-state index contributed by atoms with van der Waals surface area (Å²) >= 11 is 0. The van der Waals surface area contributed by atoms with E-state index in [2.05, 4.69) is 71.2 Å². The first-order valence-corrected chi connectivity index (χ1v) is 19.1. The monoisotopic (exact) mass is 718 g/mol. The van der Waals surface area contributed by atoms with Gasteiger partial charge in [0.2, 0.25) is 17.7 Å². The zero-order valence-corrected chi connectivity index (χ0v) is 33.9. The van der Waals surface area contributed by atoms with Crippen LogP contribution in [0.4, 0.5) is 0 Å². The number of carbonyl (C=O) groups excluding carboxylic acids is 3. The fourth-order valence-corrected chi connectivity index (χ4v) is 7.77. The highest BCUT2D eigenvalue weighted by Gasteiger charge is 2.43. The molecule has 0 aromatic heterocycles. The molecule has 0 unspecified atom stereocenters. The minimum Gasteiger partial charge on any atom is -0.386 e. The Balaban J connectivity index is 2.22. The number of nitrogens with one attached hydrogen (secondary N) is 2. The van der Waals surface area contributed by atoms with E-state index in [1.54, 1.807) is 21.1 Å². The van der Waals surface area contributed by atoms with E-state index in [1.807, 2.05) is 54.1 Å². The maximum atomic E-state index is 14.2. The molecule has 2 rings (SSSR count). The number of hydrogen-bond donors (Lipinski definition) is 3. The molecule has 10 atom stereocenters. The van der Waals surface area contributed by atoms with E-state index in [0.717, 1.165) is 18.4 Å². The number of likely N-dealkylation sites (N-methyl/N-ethyl adjacent to an activating group) is 2. The Morgan fingerprint density at radius 1 is 0.961 bits per heavy atom. The number of aliphatic hydroxyl groups excluding tert-OH is 1. The number of ether oxygens (including phenoxy) is 2. The Hall–Kier alpha value is -2.57. The summed E-state index contributed by atoms with van der Waals surface area (Å²) in [4.78, 5) is 47.7. The highest BCUT2D eigenvalue weighted by Crippen LogP contribution is 2.30. The van der Waals surface area contributed by atoms with E-state index in [4.69, 9.17) is 9.47 Å². The van der Waals surface area contributed by atoms with Gasteiger partial charge in [0.15, 0.2) is 0 Å². The smallest absolute Gasteiger partial charge is 0.240 e. The van der Waals surface area contributed by atoms with E-state index in [0.29, 0.717) is 25.4 Å². The molecule has 0 aliphatic carbocycles. The first-order valence-electron chi connectivity index (χ1n) is 19.1. The molecule has 3 amide bonds. The minimum absolute atomic E-state index is 0.00370. The van der Waals surface area contributed by atoms with Gasteiger partial charge >= 0.3 is 0 Å². The average Bonchev–Trinajstić information content (AvgIpc) is 3.58. The molecule has 0 bridgehead atoms. The van der Waals surface area contributed by atoms with Gasteiger partial charge in [-0.25, -0.2) is 0 Å². The summed E-state index contributed by atoms with van der Waals surface area (Å²) in [6.07, 6.45) is 0.501. The molecular formula is C40H71N5O6. The molecule has 0 radical (unpaired) electrons. The summed E-state index contributed by atoms with van der Waals surface area (Å²) in [5.41, 5.74) is 0.727. The number of methoxy groups -OCH3 is 2. The molecule has 1 aliphatic heterocycles. The average molecular weight is 718 g/mol. The van der Waals surface area contributed by atoms with Crippen LogP contribution >= 0.6 is 0 Å². The lowest BCUT2D eigenvalue weighted by molar-refractivity contribution is -0.147. The van der Waals surface area contributed by atoms with Crippen molar-refractivity contribution in [3.63, 3.8) is 0 Å². The van der Waals surface area contributed by atoms with Crippen LogP contribution in [0.25, 0.3) is 0 Å². The van der Waals surface area contributed by atoms with E-state index in [9.17, 15) is 19.5 Å². The van der Waals surface area contributed by atoms with Crippen LogP contribution in [0.3, 0.4) is 0 Å². The SMILES string of the molecule is CC[C@H](C)[C@@H]([C@@H](CC(=O)N1CCC[C@H]1[C@H](OC)[C@@H](C)C(=O)N[C@H](C)[C@@H](O)c1ccccc1)OC)N(C)C(=O)[C@@H](NC[C@H](C(C)C)N(C)C)C(C)C. The molecule has 1 saturated heterocycles. The zero-order valence-electron chi connectivity index (χ0n) is 33.9. The van der Waals surface area contributed by atoms with Crippen molar-refractivity contribution in [2.45, 2.75) is 130 Å². The van der Waals surface area contributed by atoms with Gasteiger partial charge in [-0.15, -0.1) is 0 Å². The normalized spacial score (nSPS) is 20.4. The lowest BCUT2D eigenvalue weighted by Crippen LogP contribution is -2.58.